The van der Waals surface area contributed by atoms with Crippen LogP contribution >= 0.6 is 0 Å². The monoisotopic (exact) mass is 185 g/mol. The first kappa shape index (κ1) is 10.2. The maximum absolute atomic E-state index is 8.52. The summed E-state index contributed by atoms with van der Waals surface area (Å²) in [5.41, 5.74) is 1.27. The minimum Gasteiger partial charge on any atom is -0.319 e. The summed E-state index contributed by atoms with van der Waals surface area (Å²) in [7, 11) is 1.89. The van der Waals surface area contributed by atoms with E-state index in [1.165, 1.54) is 0 Å². The molecular weight excluding hydrogens is 174 g/mol. The summed E-state index contributed by atoms with van der Waals surface area (Å²) < 4.78 is 0. The summed E-state index contributed by atoms with van der Waals surface area (Å²) >= 11 is 0. The number of nitriles is 1. The Kier molecular flexibility index (Phi) is 4.20. The van der Waals surface area contributed by atoms with Gasteiger partial charge in [0.1, 0.15) is 11.8 Å². The first-order valence-corrected chi connectivity index (χ1v) is 4.36. The third-order valence-corrected chi connectivity index (χ3v) is 1.61. The summed E-state index contributed by atoms with van der Waals surface area (Å²) in [4.78, 5) is 3.92. The van der Waals surface area contributed by atoms with Crippen molar-refractivity contribution in [2.24, 2.45) is 0 Å². The van der Waals surface area contributed by atoms with E-state index >= 15 is 0 Å². The van der Waals surface area contributed by atoms with Gasteiger partial charge in [0, 0.05) is 24.7 Å². The Morgan fingerprint density at radius 2 is 2.36 bits per heavy atom. The van der Waals surface area contributed by atoms with Crippen molar-refractivity contribution in [2.45, 2.75) is 6.42 Å². The highest BCUT2D eigenvalue weighted by molar-refractivity contribution is 5.34. The number of nitrogens with one attached hydrogen (secondary N) is 1. The number of rotatable bonds is 2. The van der Waals surface area contributed by atoms with Gasteiger partial charge >= 0.3 is 0 Å². The van der Waals surface area contributed by atoms with Gasteiger partial charge in [-0.1, -0.05) is 11.8 Å². The molecule has 3 heteroatoms. The van der Waals surface area contributed by atoms with Crippen molar-refractivity contribution in [3.8, 4) is 17.9 Å². The van der Waals surface area contributed by atoms with E-state index in [9.17, 15) is 0 Å². The molecule has 70 valence electrons. The van der Waals surface area contributed by atoms with Gasteiger partial charge in [0.05, 0.1) is 0 Å². The van der Waals surface area contributed by atoms with Gasteiger partial charge in [0.15, 0.2) is 0 Å². The predicted molar refractivity (Wildman–Crippen MR) is 54.4 cm³/mol. The van der Waals surface area contributed by atoms with E-state index in [2.05, 4.69) is 22.1 Å². The molecule has 0 fully saturated rings. The summed E-state index contributed by atoms with van der Waals surface area (Å²) in [5, 5.41) is 11.5. The second-order valence-corrected chi connectivity index (χ2v) is 2.70. The van der Waals surface area contributed by atoms with Gasteiger partial charge < -0.3 is 5.32 Å². The average molecular weight is 185 g/mol. The number of aromatic nitrogens is 1. The van der Waals surface area contributed by atoms with Crippen molar-refractivity contribution in [3.63, 3.8) is 0 Å². The lowest BCUT2D eigenvalue weighted by Crippen LogP contribution is -2.05. The van der Waals surface area contributed by atoms with Crippen LogP contribution in [-0.2, 0) is 0 Å². The van der Waals surface area contributed by atoms with E-state index in [0.29, 0.717) is 5.69 Å². The molecule has 1 N–H and O–H groups in total. The summed E-state index contributed by atoms with van der Waals surface area (Å²) in [6.45, 7) is 0.886. The van der Waals surface area contributed by atoms with Gasteiger partial charge in [-0.25, -0.2) is 4.98 Å². The Labute approximate surface area is 83.8 Å². The molecule has 0 spiro atoms. The van der Waals surface area contributed by atoms with Crippen LogP contribution in [0.15, 0.2) is 18.3 Å². The first-order valence-electron chi connectivity index (χ1n) is 4.36. The largest absolute Gasteiger partial charge is 0.319 e. The third-order valence-electron chi connectivity index (χ3n) is 1.61. The zero-order chi connectivity index (χ0) is 10.2. The molecule has 1 rings (SSSR count). The van der Waals surface area contributed by atoms with Crippen molar-refractivity contribution >= 4 is 0 Å². The molecule has 0 atom stereocenters. The molecule has 0 aliphatic carbocycles. The van der Waals surface area contributed by atoms with Crippen LogP contribution in [0.2, 0.25) is 0 Å². The number of nitrogens with zero attached hydrogens (tertiary/aromatic N) is 2. The Morgan fingerprint density at radius 3 is 2.93 bits per heavy atom. The molecule has 14 heavy (non-hydrogen) atoms. The van der Waals surface area contributed by atoms with E-state index in [1.54, 1.807) is 18.3 Å². The number of pyridine rings is 1. The van der Waals surface area contributed by atoms with Crippen molar-refractivity contribution in [2.75, 3.05) is 13.6 Å². The molecule has 3 nitrogen and oxygen atoms in total. The number of hydrogen-bond acceptors (Lipinski definition) is 3. The second kappa shape index (κ2) is 5.75. The van der Waals surface area contributed by atoms with Crippen LogP contribution in [0.4, 0.5) is 0 Å². The highest BCUT2D eigenvalue weighted by atomic mass is 14.8. The van der Waals surface area contributed by atoms with Crippen LogP contribution in [0.25, 0.3) is 0 Å². The quantitative estimate of drug-likeness (QED) is 0.550. The first-order chi connectivity index (χ1) is 6.86. The van der Waals surface area contributed by atoms with Crippen LogP contribution in [0, 0.1) is 23.2 Å². The van der Waals surface area contributed by atoms with E-state index in [-0.39, 0.29) is 0 Å². The summed E-state index contributed by atoms with van der Waals surface area (Å²) in [6, 6.07) is 5.43. The van der Waals surface area contributed by atoms with Crippen molar-refractivity contribution in [1.29, 1.82) is 5.26 Å². The van der Waals surface area contributed by atoms with Crippen molar-refractivity contribution in [3.05, 3.63) is 29.6 Å². The lowest BCUT2D eigenvalue weighted by Gasteiger charge is -1.90. The normalized spacial score (nSPS) is 8.57. The Balaban J connectivity index is 2.59. The maximum atomic E-state index is 8.52. The predicted octanol–water partition coefficient (Wildman–Crippen LogP) is 0.914. The van der Waals surface area contributed by atoms with Gasteiger partial charge in [-0.05, 0) is 19.2 Å². The molecule has 0 saturated carbocycles. The minimum absolute atomic E-state index is 0.422. The molecule has 1 aromatic rings. The van der Waals surface area contributed by atoms with Gasteiger partial charge in [-0.3, -0.25) is 0 Å². The molecule has 0 aromatic carbocycles. The third kappa shape index (κ3) is 3.26. The van der Waals surface area contributed by atoms with E-state index in [1.807, 2.05) is 13.1 Å². The highest BCUT2D eigenvalue weighted by Crippen LogP contribution is 1.96. The second-order valence-electron chi connectivity index (χ2n) is 2.70. The van der Waals surface area contributed by atoms with E-state index in [4.69, 9.17) is 5.26 Å². The van der Waals surface area contributed by atoms with Crippen LogP contribution in [0.3, 0.4) is 0 Å². The lowest BCUT2D eigenvalue weighted by atomic mass is 10.2. The average Bonchev–Trinajstić information content (AvgIpc) is 2.25. The standard InChI is InChI=1S/C11H11N3/c1-13-7-3-2-4-10-5-6-11(8-12)14-9-10/h5-6,9,13H,3,7H2,1H3. The Morgan fingerprint density at radius 1 is 1.50 bits per heavy atom. The van der Waals surface area contributed by atoms with Crippen LogP contribution in [0.1, 0.15) is 17.7 Å². The molecule has 0 amide bonds. The van der Waals surface area contributed by atoms with Crippen molar-refractivity contribution in [1.82, 2.24) is 10.3 Å². The van der Waals surface area contributed by atoms with Crippen LogP contribution in [0.5, 0.6) is 0 Å². The lowest BCUT2D eigenvalue weighted by molar-refractivity contribution is 0.818. The SMILES string of the molecule is CNCCC#Cc1ccc(C#N)nc1. The van der Waals surface area contributed by atoms with Gasteiger partial charge in [-0.2, -0.15) is 5.26 Å². The fraction of sp³-hybridized carbons (Fsp3) is 0.273. The van der Waals surface area contributed by atoms with Crippen LogP contribution in [-0.4, -0.2) is 18.6 Å². The smallest absolute Gasteiger partial charge is 0.140 e. The van der Waals surface area contributed by atoms with E-state index in [0.717, 1.165) is 18.5 Å². The maximum Gasteiger partial charge on any atom is 0.140 e. The molecule has 0 unspecified atom stereocenters. The van der Waals surface area contributed by atoms with Gasteiger partial charge in [-0.15, -0.1) is 0 Å². The molecule has 0 bridgehead atoms. The zero-order valence-electron chi connectivity index (χ0n) is 8.04. The van der Waals surface area contributed by atoms with Gasteiger partial charge in [0.2, 0.25) is 0 Å². The number of hydrogen-bond donors (Lipinski definition) is 1. The topological polar surface area (TPSA) is 48.7 Å². The van der Waals surface area contributed by atoms with Crippen LogP contribution < -0.4 is 5.32 Å². The fourth-order valence-electron chi connectivity index (χ4n) is 0.886. The molecule has 0 aliphatic heterocycles. The van der Waals surface area contributed by atoms with Gasteiger partial charge in [0.25, 0.3) is 0 Å². The Bertz CT molecular complexity index is 376. The molecule has 0 aliphatic rings. The fourth-order valence-corrected chi connectivity index (χ4v) is 0.886. The summed E-state index contributed by atoms with van der Waals surface area (Å²) in [6.07, 6.45) is 2.43. The molecular formula is C11H11N3. The Hall–Kier alpha value is -1.84. The molecule has 1 heterocycles. The minimum atomic E-state index is 0.422. The summed E-state index contributed by atoms with van der Waals surface area (Å²) in [5.74, 6) is 5.97. The molecule has 0 saturated heterocycles. The molecule has 0 radical (unpaired) electrons. The van der Waals surface area contributed by atoms with Crippen molar-refractivity contribution < 1.29 is 0 Å². The van der Waals surface area contributed by atoms with E-state index < -0.39 is 0 Å². The molecule has 1 aromatic heterocycles. The highest BCUT2D eigenvalue weighted by Gasteiger charge is 1.89. The zero-order valence-corrected chi connectivity index (χ0v) is 8.04.